The second kappa shape index (κ2) is 6.54. The van der Waals surface area contributed by atoms with Gasteiger partial charge in [-0.3, -0.25) is 4.79 Å². The first kappa shape index (κ1) is 17.6. The molecule has 0 aliphatic heterocycles. The van der Waals surface area contributed by atoms with Gasteiger partial charge in [0.15, 0.2) is 14.1 Å². The molecule has 1 aliphatic rings. The van der Waals surface area contributed by atoms with E-state index in [9.17, 15) is 9.90 Å². The number of carbonyl (C=O) groups excluding carboxylic acids is 1. The summed E-state index contributed by atoms with van der Waals surface area (Å²) in [5, 5.41) is 9.47. The highest BCUT2D eigenvalue weighted by atomic mass is 28.4. The fourth-order valence-corrected chi connectivity index (χ4v) is 5.07. The van der Waals surface area contributed by atoms with Crippen LogP contribution in [0.15, 0.2) is 12.2 Å². The number of hydrogen-bond acceptors (Lipinski definition) is 3. The topological polar surface area (TPSA) is 46.5 Å². The van der Waals surface area contributed by atoms with E-state index in [2.05, 4.69) is 33.5 Å². The van der Waals surface area contributed by atoms with Crippen molar-refractivity contribution in [3.63, 3.8) is 0 Å². The number of aliphatic hydroxyl groups excluding tert-OH is 1. The molecule has 0 radical (unpaired) electrons. The molecule has 0 aromatic heterocycles. The first-order chi connectivity index (χ1) is 9.09. The van der Waals surface area contributed by atoms with E-state index < -0.39 is 8.32 Å². The lowest BCUT2D eigenvalue weighted by Crippen LogP contribution is -2.44. The third-order valence-electron chi connectivity index (χ3n) is 4.24. The number of aliphatic hydroxyl groups is 1. The average Bonchev–Trinajstić information content (AvgIpc) is 2.59. The van der Waals surface area contributed by atoms with Gasteiger partial charge in [-0.15, -0.1) is 0 Å². The summed E-state index contributed by atoms with van der Waals surface area (Å²) < 4.78 is 6.45. The van der Waals surface area contributed by atoms with E-state index >= 15 is 0 Å². The van der Waals surface area contributed by atoms with Gasteiger partial charge in [0.2, 0.25) is 0 Å². The van der Waals surface area contributed by atoms with Crippen LogP contribution in [0.3, 0.4) is 0 Å². The Morgan fingerprint density at radius 1 is 1.50 bits per heavy atom. The van der Waals surface area contributed by atoms with Crippen molar-refractivity contribution in [3.8, 4) is 0 Å². The summed E-state index contributed by atoms with van der Waals surface area (Å²) in [6, 6.07) is 0. The van der Waals surface area contributed by atoms with Gasteiger partial charge >= 0.3 is 0 Å². The normalized spacial score (nSPS) is 32.8. The summed E-state index contributed by atoms with van der Waals surface area (Å²) in [4.78, 5) is 11.3. The third kappa shape index (κ3) is 4.54. The maximum absolute atomic E-state index is 11.3. The number of ketones is 1. The molecular formula is C16H30O3Si. The third-order valence-corrected chi connectivity index (χ3v) is 5.32. The van der Waals surface area contributed by atoms with Gasteiger partial charge in [0.05, 0.1) is 5.60 Å². The van der Waals surface area contributed by atoms with Crippen molar-refractivity contribution in [2.24, 2.45) is 17.8 Å². The summed E-state index contributed by atoms with van der Waals surface area (Å²) in [7, 11) is -1.65. The van der Waals surface area contributed by atoms with Crippen molar-refractivity contribution in [2.45, 2.75) is 58.9 Å². The first-order valence-electron chi connectivity index (χ1n) is 7.59. The molecule has 0 aromatic rings. The average molecular weight is 298 g/mol. The number of hydrogen-bond donors (Lipinski definition) is 1. The Labute approximate surface area is 124 Å². The highest BCUT2D eigenvalue weighted by Gasteiger charge is 2.48. The quantitative estimate of drug-likeness (QED) is 0.604. The molecule has 4 heteroatoms. The summed E-state index contributed by atoms with van der Waals surface area (Å²) in [5.41, 5.74) is -0.204. The molecular weight excluding hydrogens is 268 g/mol. The zero-order valence-corrected chi connectivity index (χ0v) is 14.8. The van der Waals surface area contributed by atoms with Gasteiger partial charge in [0.1, 0.15) is 0 Å². The smallest absolute Gasteiger partial charge is 0.184 e. The molecule has 1 saturated carbocycles. The Hall–Kier alpha value is -0.453. The van der Waals surface area contributed by atoms with Crippen molar-refractivity contribution in [2.75, 3.05) is 6.61 Å². The van der Waals surface area contributed by atoms with Crippen LogP contribution in [0.25, 0.3) is 0 Å². The van der Waals surface area contributed by atoms with Crippen molar-refractivity contribution >= 4 is 14.1 Å². The largest absolute Gasteiger partial charge is 0.412 e. The number of allylic oxidation sites excluding steroid dienone is 1. The van der Waals surface area contributed by atoms with E-state index in [-0.39, 0.29) is 29.8 Å². The van der Waals surface area contributed by atoms with Gasteiger partial charge < -0.3 is 9.53 Å². The molecule has 1 rings (SSSR count). The van der Waals surface area contributed by atoms with Crippen LogP contribution < -0.4 is 0 Å². The monoisotopic (exact) mass is 298 g/mol. The van der Waals surface area contributed by atoms with Gasteiger partial charge in [0, 0.05) is 12.5 Å². The van der Waals surface area contributed by atoms with Gasteiger partial charge in [-0.25, -0.2) is 0 Å². The summed E-state index contributed by atoms with van der Waals surface area (Å²) in [6.07, 6.45) is 5.74. The van der Waals surface area contributed by atoms with E-state index in [1.165, 1.54) is 0 Å². The van der Waals surface area contributed by atoms with E-state index in [4.69, 9.17) is 4.43 Å². The Kier molecular flexibility index (Phi) is 5.76. The highest BCUT2D eigenvalue weighted by molar-refractivity contribution is 6.69. The standard InChI is InChI=1S/C16H30O3Si/c1-12(11-17)14-9-10-16(3,19-20(4,5)6)15(14)8-7-13(2)18/h7-8,12,14-15,17H,9-11H2,1-6H3/b8-7+. The minimum absolute atomic E-state index is 0.0719. The van der Waals surface area contributed by atoms with Gasteiger partial charge in [-0.1, -0.05) is 13.0 Å². The lowest BCUT2D eigenvalue weighted by atomic mass is 9.80. The zero-order chi connectivity index (χ0) is 15.6. The van der Waals surface area contributed by atoms with Crippen LogP contribution >= 0.6 is 0 Å². The maximum Gasteiger partial charge on any atom is 0.184 e. The molecule has 1 aliphatic carbocycles. The summed E-state index contributed by atoms with van der Waals surface area (Å²) >= 11 is 0. The van der Waals surface area contributed by atoms with Crippen LogP contribution in [0, 0.1) is 17.8 Å². The lowest BCUT2D eigenvalue weighted by molar-refractivity contribution is -0.112. The minimum Gasteiger partial charge on any atom is -0.412 e. The molecule has 4 unspecified atom stereocenters. The summed E-state index contributed by atoms with van der Waals surface area (Å²) in [6.45, 7) is 12.6. The van der Waals surface area contributed by atoms with Gasteiger partial charge in [-0.05, 0) is 64.2 Å². The predicted octanol–water partition coefficient (Wildman–Crippen LogP) is 3.40. The van der Waals surface area contributed by atoms with E-state index in [0.29, 0.717) is 5.92 Å². The highest BCUT2D eigenvalue weighted by Crippen LogP contribution is 2.47. The van der Waals surface area contributed by atoms with Gasteiger partial charge in [-0.2, -0.15) is 0 Å². The van der Waals surface area contributed by atoms with E-state index in [1.54, 1.807) is 13.0 Å². The number of rotatable bonds is 6. The first-order valence-corrected chi connectivity index (χ1v) is 11.0. The van der Waals surface area contributed by atoms with E-state index in [0.717, 1.165) is 12.8 Å². The van der Waals surface area contributed by atoms with Crippen LogP contribution in [-0.2, 0) is 9.22 Å². The zero-order valence-electron chi connectivity index (χ0n) is 13.8. The SMILES string of the molecule is CC(=O)/C=C/C1C(C(C)CO)CCC1(C)O[Si](C)(C)C. The Balaban J connectivity index is 3.02. The molecule has 1 fully saturated rings. The van der Waals surface area contributed by atoms with Crippen molar-refractivity contribution < 1.29 is 14.3 Å². The van der Waals surface area contributed by atoms with Crippen molar-refractivity contribution in [1.29, 1.82) is 0 Å². The Morgan fingerprint density at radius 3 is 2.55 bits per heavy atom. The molecule has 0 heterocycles. The van der Waals surface area contributed by atoms with E-state index in [1.807, 2.05) is 6.08 Å². The second-order valence-electron chi connectivity index (χ2n) is 7.39. The molecule has 0 amide bonds. The molecule has 116 valence electrons. The molecule has 0 spiro atoms. The van der Waals surface area contributed by atoms with Crippen LogP contribution in [0.1, 0.15) is 33.6 Å². The van der Waals surface area contributed by atoms with Crippen LogP contribution in [-0.4, -0.2) is 31.4 Å². The van der Waals surface area contributed by atoms with Crippen LogP contribution in [0.2, 0.25) is 19.6 Å². The Morgan fingerprint density at radius 2 is 2.10 bits per heavy atom. The molecule has 20 heavy (non-hydrogen) atoms. The molecule has 3 nitrogen and oxygen atoms in total. The summed E-state index contributed by atoms with van der Waals surface area (Å²) in [5.74, 6) is 0.906. The van der Waals surface area contributed by atoms with Gasteiger partial charge in [0.25, 0.3) is 0 Å². The van der Waals surface area contributed by atoms with Crippen molar-refractivity contribution in [3.05, 3.63) is 12.2 Å². The predicted molar refractivity (Wildman–Crippen MR) is 85.1 cm³/mol. The molecule has 0 aromatic carbocycles. The lowest BCUT2D eigenvalue weighted by Gasteiger charge is -2.39. The molecule has 0 saturated heterocycles. The second-order valence-corrected chi connectivity index (χ2v) is 11.8. The molecule has 1 N–H and O–H groups in total. The van der Waals surface area contributed by atoms with Crippen LogP contribution in [0.5, 0.6) is 0 Å². The fourth-order valence-electron chi connectivity index (χ4n) is 3.43. The fraction of sp³-hybridized carbons (Fsp3) is 0.812. The minimum atomic E-state index is -1.65. The molecule has 4 atom stereocenters. The Bertz CT molecular complexity index is 372. The maximum atomic E-state index is 11.3. The molecule has 0 bridgehead atoms. The van der Waals surface area contributed by atoms with Crippen molar-refractivity contribution in [1.82, 2.24) is 0 Å². The number of carbonyl (C=O) groups is 1. The van der Waals surface area contributed by atoms with Crippen LogP contribution in [0.4, 0.5) is 0 Å².